The molecule has 0 aromatic heterocycles. The van der Waals surface area contributed by atoms with Crippen molar-refractivity contribution in [2.24, 2.45) is 5.92 Å². The molecule has 9 heteroatoms. The first-order valence-electron chi connectivity index (χ1n) is 11.9. The molecule has 0 bridgehead atoms. The van der Waals surface area contributed by atoms with Gasteiger partial charge in [0.05, 0.1) is 12.6 Å². The van der Waals surface area contributed by atoms with Gasteiger partial charge in [0.2, 0.25) is 5.91 Å². The Morgan fingerprint density at radius 1 is 1.18 bits per heavy atom. The maximum absolute atomic E-state index is 14.7. The second-order valence-electron chi connectivity index (χ2n) is 9.49. The second kappa shape index (κ2) is 10.6. The average molecular weight is 490 g/mol. The number of Topliss-reactive ketones (excluding diaryl/α,β-unsaturated/α-hetero) is 1. The highest BCUT2D eigenvalue weighted by Gasteiger charge is 2.41. The average Bonchev–Trinajstić information content (AvgIpc) is 3.65. The molecular formula is C25H32FN3O4S. The first-order valence-corrected chi connectivity index (χ1v) is 12.4. The zero-order chi connectivity index (χ0) is 24.4. The van der Waals surface area contributed by atoms with Crippen molar-refractivity contribution in [3.63, 3.8) is 0 Å². The van der Waals surface area contributed by atoms with Crippen LogP contribution in [0.1, 0.15) is 37.8 Å². The fraction of sp³-hybridized carbons (Fsp3) is 0.560. The van der Waals surface area contributed by atoms with E-state index in [1.807, 2.05) is 4.90 Å². The van der Waals surface area contributed by atoms with E-state index in [-0.39, 0.29) is 35.2 Å². The third kappa shape index (κ3) is 5.53. The number of hydrogen-bond acceptors (Lipinski definition) is 6. The van der Waals surface area contributed by atoms with E-state index in [4.69, 9.17) is 12.6 Å². The largest absolute Gasteiger partial charge is 0.480 e. The molecule has 0 radical (unpaired) electrons. The lowest BCUT2D eigenvalue weighted by molar-refractivity contribution is -0.152. The van der Waals surface area contributed by atoms with Crippen molar-refractivity contribution < 1.29 is 23.9 Å². The Labute approximate surface area is 205 Å². The van der Waals surface area contributed by atoms with Crippen LogP contribution in [-0.2, 0) is 14.4 Å². The van der Waals surface area contributed by atoms with Crippen LogP contribution in [0.3, 0.4) is 0 Å². The lowest BCUT2D eigenvalue weighted by atomic mass is 9.93. The van der Waals surface area contributed by atoms with Gasteiger partial charge >= 0.3 is 5.97 Å². The number of likely N-dealkylation sites (tertiary alicyclic amines) is 1. The molecule has 3 atom stereocenters. The number of piperidine rings is 1. The Balaban J connectivity index is 1.45. The zero-order valence-electron chi connectivity index (χ0n) is 19.4. The summed E-state index contributed by atoms with van der Waals surface area (Å²) in [7, 11) is 0. The number of hydrogen-bond donors (Lipinski definition) is 2. The lowest BCUT2D eigenvalue weighted by Gasteiger charge is -2.38. The quantitative estimate of drug-likeness (QED) is 0.431. The van der Waals surface area contributed by atoms with Crippen LogP contribution in [0, 0.1) is 11.7 Å². The van der Waals surface area contributed by atoms with E-state index < -0.39 is 18.1 Å². The van der Waals surface area contributed by atoms with Crippen LogP contribution in [0.5, 0.6) is 0 Å². The van der Waals surface area contributed by atoms with Gasteiger partial charge in [-0.15, -0.1) is 0 Å². The highest BCUT2D eigenvalue weighted by molar-refractivity contribution is 7.81. The van der Waals surface area contributed by atoms with Crippen LogP contribution in [-0.4, -0.2) is 88.0 Å². The zero-order valence-corrected chi connectivity index (χ0v) is 20.3. The van der Waals surface area contributed by atoms with Crippen LogP contribution >= 0.6 is 12.6 Å². The number of rotatable bonds is 8. The summed E-state index contributed by atoms with van der Waals surface area (Å²) in [5, 5.41) is 9.23. The van der Waals surface area contributed by atoms with Crippen molar-refractivity contribution in [3.05, 3.63) is 47.3 Å². The molecule has 34 heavy (non-hydrogen) atoms. The predicted molar refractivity (Wildman–Crippen MR) is 129 cm³/mol. The number of thiol groups is 1. The molecule has 1 aromatic rings. The molecule has 1 aliphatic carbocycles. The van der Waals surface area contributed by atoms with E-state index >= 15 is 0 Å². The Kier molecular flexibility index (Phi) is 7.74. The first kappa shape index (κ1) is 24.9. The van der Waals surface area contributed by atoms with Crippen LogP contribution < -0.4 is 0 Å². The molecule has 184 valence electrons. The molecule has 1 N–H and O–H groups in total. The molecule has 0 spiro atoms. The summed E-state index contributed by atoms with van der Waals surface area (Å²) in [6, 6.07) is 5.10. The molecule has 4 rings (SSSR count). The first-order chi connectivity index (χ1) is 16.3. The van der Waals surface area contributed by atoms with Crippen LogP contribution in [0.25, 0.3) is 0 Å². The van der Waals surface area contributed by atoms with Gasteiger partial charge in [0, 0.05) is 49.5 Å². The number of aliphatic carboxylic acids is 1. The van der Waals surface area contributed by atoms with Gasteiger partial charge < -0.3 is 10.0 Å². The number of halogens is 1. The highest BCUT2D eigenvalue weighted by atomic mass is 32.1. The minimum absolute atomic E-state index is 0.0151. The van der Waals surface area contributed by atoms with E-state index in [9.17, 15) is 23.9 Å². The van der Waals surface area contributed by atoms with Crippen molar-refractivity contribution in [2.75, 3.05) is 39.3 Å². The summed E-state index contributed by atoms with van der Waals surface area (Å²) in [5.74, 6) is -1.44. The van der Waals surface area contributed by atoms with E-state index in [2.05, 4.69) is 11.0 Å². The van der Waals surface area contributed by atoms with Gasteiger partial charge in [-0.25, -0.2) is 9.18 Å². The number of piperazine rings is 1. The molecule has 2 heterocycles. The fourth-order valence-corrected chi connectivity index (χ4v) is 5.11. The molecule has 1 saturated carbocycles. The summed E-state index contributed by atoms with van der Waals surface area (Å²) >= 11 is 4.74. The minimum Gasteiger partial charge on any atom is -0.480 e. The van der Waals surface area contributed by atoms with Crippen LogP contribution in [0.2, 0.25) is 0 Å². The normalized spacial score (nSPS) is 25.4. The van der Waals surface area contributed by atoms with Crippen molar-refractivity contribution in [1.82, 2.24) is 14.7 Å². The van der Waals surface area contributed by atoms with Gasteiger partial charge in [0.1, 0.15) is 11.9 Å². The van der Waals surface area contributed by atoms with Gasteiger partial charge in [0.25, 0.3) is 0 Å². The van der Waals surface area contributed by atoms with E-state index in [1.54, 1.807) is 18.2 Å². The van der Waals surface area contributed by atoms with E-state index in [0.717, 1.165) is 24.8 Å². The van der Waals surface area contributed by atoms with Crippen LogP contribution in [0.15, 0.2) is 35.9 Å². The van der Waals surface area contributed by atoms with Crippen LogP contribution in [0.4, 0.5) is 4.39 Å². The molecule has 7 nitrogen and oxygen atoms in total. The van der Waals surface area contributed by atoms with Crippen molar-refractivity contribution in [1.29, 1.82) is 0 Å². The predicted octanol–water partition coefficient (Wildman–Crippen LogP) is 2.39. The minimum atomic E-state index is -1.01. The van der Waals surface area contributed by atoms with Gasteiger partial charge in [0.15, 0.2) is 5.78 Å². The maximum atomic E-state index is 14.7. The number of ketones is 1. The smallest absolute Gasteiger partial charge is 0.326 e. The molecule has 2 aliphatic heterocycles. The summed E-state index contributed by atoms with van der Waals surface area (Å²) in [4.78, 5) is 42.3. The van der Waals surface area contributed by atoms with E-state index in [0.29, 0.717) is 38.3 Å². The molecule has 2 saturated heterocycles. The molecule has 3 fully saturated rings. The number of nitrogens with zero attached hydrogens (tertiary/aromatic N) is 3. The lowest BCUT2D eigenvalue weighted by Crippen LogP contribution is -2.55. The molecule has 1 aromatic carbocycles. The van der Waals surface area contributed by atoms with Gasteiger partial charge in [-0.05, 0) is 37.8 Å². The number of benzene rings is 1. The third-order valence-corrected chi connectivity index (χ3v) is 7.68. The van der Waals surface area contributed by atoms with Gasteiger partial charge in [-0.3, -0.25) is 19.4 Å². The Hall–Kier alpha value is -2.23. The fourth-order valence-electron chi connectivity index (χ4n) is 4.81. The second-order valence-corrected chi connectivity index (χ2v) is 10.1. The maximum Gasteiger partial charge on any atom is 0.326 e. The third-order valence-electron chi connectivity index (χ3n) is 7.09. The summed E-state index contributed by atoms with van der Waals surface area (Å²) in [5.41, 5.74) is 1.50. The Bertz CT molecular complexity index is 983. The molecular weight excluding hydrogens is 457 g/mol. The summed E-state index contributed by atoms with van der Waals surface area (Å²) in [6.07, 6.45) is 4.56. The molecule has 3 unspecified atom stereocenters. The van der Waals surface area contributed by atoms with Crippen molar-refractivity contribution >= 4 is 30.3 Å². The number of carbonyl (C=O) groups excluding carboxylic acids is 2. The molecule has 1 amide bonds. The van der Waals surface area contributed by atoms with Crippen molar-refractivity contribution in [2.45, 2.75) is 43.5 Å². The topological polar surface area (TPSA) is 81.2 Å². The number of carboxylic acids is 1. The standard InChI is InChI=1S/C25H32FN3O4S/c1-16(25(32)33)29-13-12-27(15-22(29)30)10-8-18-14-28(11-9-21(18)34)23(24(31)17-6-7-17)19-4-2-3-5-20(19)26/h2-5,8,16-17,21,23,34H,6-7,9-15H2,1H3,(H,32,33)/b18-8-. The Morgan fingerprint density at radius 2 is 1.91 bits per heavy atom. The number of carbonyl (C=O) groups is 3. The van der Waals surface area contributed by atoms with Gasteiger partial charge in [-0.2, -0.15) is 12.6 Å². The SMILES string of the molecule is CC(C(=O)O)N1CCN(C/C=C2/CN(C(C(=O)C3CC3)c3ccccc3F)CCC2S)CC1=O. The van der Waals surface area contributed by atoms with E-state index in [1.165, 1.54) is 17.9 Å². The van der Waals surface area contributed by atoms with Crippen molar-refractivity contribution in [3.8, 4) is 0 Å². The monoisotopic (exact) mass is 489 g/mol. The summed E-state index contributed by atoms with van der Waals surface area (Å²) < 4.78 is 14.7. The van der Waals surface area contributed by atoms with Gasteiger partial charge in [-0.1, -0.05) is 24.3 Å². The highest BCUT2D eigenvalue weighted by Crippen LogP contribution is 2.39. The molecule has 3 aliphatic rings. The number of carboxylic acid groups (broad SMARTS) is 1. The summed E-state index contributed by atoms with van der Waals surface area (Å²) in [6.45, 7) is 4.38. The Morgan fingerprint density at radius 3 is 2.56 bits per heavy atom. The number of amides is 1.